The number of rotatable bonds is 5. The maximum absolute atomic E-state index is 12.6. The smallest absolute Gasteiger partial charge is 0.282 e. The highest BCUT2D eigenvalue weighted by atomic mass is 32.2. The molecular weight excluding hydrogens is 280 g/mol. The molecule has 2 rings (SSSR count). The van der Waals surface area contributed by atoms with Crippen molar-refractivity contribution in [1.82, 2.24) is 8.61 Å². The fourth-order valence-corrected chi connectivity index (χ4v) is 4.71. The quantitative estimate of drug-likeness (QED) is 0.800. The molecule has 2 unspecified atom stereocenters. The number of hydrogen-bond acceptors (Lipinski definition) is 4. The van der Waals surface area contributed by atoms with E-state index in [9.17, 15) is 13.5 Å². The highest BCUT2D eigenvalue weighted by molar-refractivity contribution is 7.86. The molecule has 0 spiro atoms. The van der Waals surface area contributed by atoms with Gasteiger partial charge in [-0.1, -0.05) is 6.42 Å². The normalized spacial score (nSPS) is 29.8. The molecule has 20 heavy (non-hydrogen) atoms. The van der Waals surface area contributed by atoms with Gasteiger partial charge in [0.15, 0.2) is 0 Å². The largest absolute Gasteiger partial charge is 0.395 e. The van der Waals surface area contributed by atoms with Gasteiger partial charge in [0.2, 0.25) is 0 Å². The van der Waals surface area contributed by atoms with Crippen molar-refractivity contribution >= 4 is 10.2 Å². The molecule has 6 nitrogen and oxygen atoms in total. The van der Waals surface area contributed by atoms with Crippen molar-refractivity contribution in [2.45, 2.75) is 38.1 Å². The van der Waals surface area contributed by atoms with Crippen LogP contribution in [-0.4, -0.2) is 68.1 Å². The van der Waals surface area contributed by atoms with E-state index in [1.54, 1.807) is 7.05 Å². The standard InChI is InChI=1S/C13H26N2O4S/c1-14(9-12-5-4-8-19-11-12)20(17,18)15-7-3-2-6-13(15)10-16/h12-13,16H,2-11H2,1H3. The minimum Gasteiger partial charge on any atom is -0.395 e. The molecule has 2 aliphatic rings. The Kier molecular flexibility index (Phi) is 5.80. The second-order valence-electron chi connectivity index (χ2n) is 5.81. The van der Waals surface area contributed by atoms with E-state index in [0.717, 1.165) is 38.7 Å². The first kappa shape index (κ1) is 16.2. The monoisotopic (exact) mass is 306 g/mol. The lowest BCUT2D eigenvalue weighted by molar-refractivity contribution is 0.0484. The molecule has 2 aliphatic heterocycles. The van der Waals surface area contributed by atoms with Crippen molar-refractivity contribution in [2.24, 2.45) is 5.92 Å². The number of aliphatic hydroxyl groups is 1. The van der Waals surface area contributed by atoms with Crippen LogP contribution in [0.4, 0.5) is 0 Å². The van der Waals surface area contributed by atoms with E-state index < -0.39 is 10.2 Å². The first-order chi connectivity index (χ1) is 9.55. The maximum atomic E-state index is 12.6. The van der Waals surface area contributed by atoms with E-state index in [-0.39, 0.29) is 18.6 Å². The van der Waals surface area contributed by atoms with Gasteiger partial charge >= 0.3 is 0 Å². The van der Waals surface area contributed by atoms with Gasteiger partial charge in [-0.3, -0.25) is 0 Å². The summed E-state index contributed by atoms with van der Waals surface area (Å²) >= 11 is 0. The van der Waals surface area contributed by atoms with Crippen LogP contribution in [0.25, 0.3) is 0 Å². The molecule has 7 heteroatoms. The summed E-state index contributed by atoms with van der Waals surface area (Å²) in [7, 11) is -1.84. The molecule has 0 saturated carbocycles. The van der Waals surface area contributed by atoms with Crippen LogP contribution in [0.15, 0.2) is 0 Å². The molecular formula is C13H26N2O4S. The van der Waals surface area contributed by atoms with E-state index in [2.05, 4.69) is 0 Å². The van der Waals surface area contributed by atoms with Gasteiger partial charge in [-0.25, -0.2) is 0 Å². The van der Waals surface area contributed by atoms with E-state index in [0.29, 0.717) is 19.7 Å². The molecule has 1 N–H and O–H groups in total. The summed E-state index contributed by atoms with van der Waals surface area (Å²) in [5.74, 6) is 0.279. The van der Waals surface area contributed by atoms with E-state index in [4.69, 9.17) is 4.74 Å². The molecule has 2 saturated heterocycles. The first-order valence-corrected chi connectivity index (χ1v) is 8.87. The Morgan fingerprint density at radius 3 is 2.75 bits per heavy atom. The van der Waals surface area contributed by atoms with Gasteiger partial charge in [0, 0.05) is 32.8 Å². The van der Waals surface area contributed by atoms with Crippen molar-refractivity contribution in [3.63, 3.8) is 0 Å². The van der Waals surface area contributed by atoms with Gasteiger partial charge in [0.05, 0.1) is 13.2 Å². The third kappa shape index (κ3) is 3.71. The highest BCUT2D eigenvalue weighted by Crippen LogP contribution is 2.23. The second-order valence-corrected chi connectivity index (χ2v) is 7.80. The maximum Gasteiger partial charge on any atom is 0.282 e. The molecule has 0 aromatic heterocycles. The summed E-state index contributed by atoms with van der Waals surface area (Å²) in [6, 6.07) is -0.265. The van der Waals surface area contributed by atoms with Gasteiger partial charge in [-0.05, 0) is 31.6 Å². The van der Waals surface area contributed by atoms with Crippen molar-refractivity contribution < 1.29 is 18.3 Å². The van der Waals surface area contributed by atoms with Crippen molar-refractivity contribution in [3.8, 4) is 0 Å². The van der Waals surface area contributed by atoms with Crippen LogP contribution >= 0.6 is 0 Å². The van der Waals surface area contributed by atoms with Crippen molar-refractivity contribution in [2.75, 3.05) is 40.0 Å². The zero-order valence-electron chi connectivity index (χ0n) is 12.2. The van der Waals surface area contributed by atoms with E-state index in [1.165, 1.54) is 8.61 Å². The fraction of sp³-hybridized carbons (Fsp3) is 1.00. The number of ether oxygens (including phenoxy) is 1. The van der Waals surface area contributed by atoms with Crippen molar-refractivity contribution in [3.05, 3.63) is 0 Å². The summed E-state index contributed by atoms with van der Waals surface area (Å²) in [4.78, 5) is 0. The third-order valence-corrected chi connectivity index (χ3v) is 6.25. The van der Waals surface area contributed by atoms with Crippen LogP contribution in [0, 0.1) is 5.92 Å². The van der Waals surface area contributed by atoms with Crippen LogP contribution in [0.5, 0.6) is 0 Å². The van der Waals surface area contributed by atoms with E-state index >= 15 is 0 Å². The molecule has 2 heterocycles. The summed E-state index contributed by atoms with van der Waals surface area (Å²) < 4.78 is 33.6. The Morgan fingerprint density at radius 1 is 1.30 bits per heavy atom. The molecule has 0 aromatic carbocycles. The van der Waals surface area contributed by atoms with Gasteiger partial charge in [0.25, 0.3) is 10.2 Å². The van der Waals surface area contributed by atoms with Crippen LogP contribution in [-0.2, 0) is 14.9 Å². The van der Waals surface area contributed by atoms with Gasteiger partial charge in [-0.15, -0.1) is 0 Å². The zero-order valence-corrected chi connectivity index (χ0v) is 13.0. The van der Waals surface area contributed by atoms with Crippen molar-refractivity contribution in [1.29, 1.82) is 0 Å². The molecule has 0 amide bonds. The predicted octanol–water partition coefficient (Wildman–Crippen LogP) is 0.436. The topological polar surface area (TPSA) is 70.1 Å². The minimum atomic E-state index is -3.47. The fourth-order valence-electron chi connectivity index (χ4n) is 3.05. The number of piperidine rings is 1. The lowest BCUT2D eigenvalue weighted by Crippen LogP contribution is -2.52. The number of nitrogens with zero attached hydrogens (tertiary/aromatic N) is 2. The third-order valence-electron chi connectivity index (χ3n) is 4.24. The molecule has 118 valence electrons. The summed E-state index contributed by atoms with van der Waals surface area (Å²) in [5, 5.41) is 9.38. The average Bonchev–Trinajstić information content (AvgIpc) is 2.48. The average molecular weight is 306 g/mol. The summed E-state index contributed by atoms with van der Waals surface area (Å²) in [6.45, 7) is 2.34. The summed E-state index contributed by atoms with van der Waals surface area (Å²) in [6.07, 6.45) is 4.62. The highest BCUT2D eigenvalue weighted by Gasteiger charge is 2.35. The molecule has 0 aliphatic carbocycles. The lowest BCUT2D eigenvalue weighted by atomic mass is 10.0. The molecule has 0 bridgehead atoms. The Morgan fingerprint density at radius 2 is 2.10 bits per heavy atom. The first-order valence-electron chi connectivity index (χ1n) is 7.47. The Hall–Kier alpha value is -0.210. The van der Waals surface area contributed by atoms with Crippen LogP contribution in [0.3, 0.4) is 0 Å². The van der Waals surface area contributed by atoms with Gasteiger partial charge in [-0.2, -0.15) is 17.0 Å². The van der Waals surface area contributed by atoms with Gasteiger partial charge in [0.1, 0.15) is 0 Å². The number of aliphatic hydroxyl groups excluding tert-OH is 1. The minimum absolute atomic E-state index is 0.0976. The Labute approximate surface area is 121 Å². The Bertz CT molecular complexity index is 395. The molecule has 0 aromatic rings. The Balaban J connectivity index is 1.99. The number of hydrogen-bond donors (Lipinski definition) is 1. The predicted molar refractivity (Wildman–Crippen MR) is 76.5 cm³/mol. The molecule has 2 atom stereocenters. The van der Waals surface area contributed by atoms with Crippen LogP contribution < -0.4 is 0 Å². The van der Waals surface area contributed by atoms with Crippen LogP contribution in [0.1, 0.15) is 32.1 Å². The summed E-state index contributed by atoms with van der Waals surface area (Å²) in [5.41, 5.74) is 0. The zero-order chi connectivity index (χ0) is 14.6. The SMILES string of the molecule is CN(CC1CCCOC1)S(=O)(=O)N1CCCCC1CO. The van der Waals surface area contributed by atoms with E-state index in [1.807, 2.05) is 0 Å². The molecule has 2 fully saturated rings. The molecule has 0 radical (unpaired) electrons. The van der Waals surface area contributed by atoms with Gasteiger partial charge < -0.3 is 9.84 Å². The van der Waals surface area contributed by atoms with Crippen LogP contribution in [0.2, 0.25) is 0 Å². The lowest BCUT2D eigenvalue weighted by Gasteiger charge is -2.37. The second kappa shape index (κ2) is 7.17.